The van der Waals surface area contributed by atoms with Gasteiger partial charge in [0, 0.05) is 19.0 Å². The molecule has 0 saturated carbocycles. The lowest BCUT2D eigenvalue weighted by Gasteiger charge is -2.38. The first kappa shape index (κ1) is 20.4. The molecule has 1 aliphatic heterocycles. The molecule has 2 atom stereocenters. The van der Waals surface area contributed by atoms with Crippen molar-refractivity contribution in [2.75, 3.05) is 13.3 Å². The molecule has 0 radical (unpaired) electrons. The lowest BCUT2D eigenvalue weighted by molar-refractivity contribution is -0.126. The fraction of sp³-hybridized carbons (Fsp3) is 0.381. The van der Waals surface area contributed by atoms with E-state index in [1.807, 2.05) is 44.2 Å². The Kier molecular flexibility index (Phi) is 5.50. The Morgan fingerprint density at radius 1 is 1.14 bits per heavy atom. The van der Waals surface area contributed by atoms with Crippen molar-refractivity contribution >= 4 is 15.9 Å². The monoisotopic (exact) mass is 402 g/mol. The van der Waals surface area contributed by atoms with Crippen LogP contribution in [-0.4, -0.2) is 37.5 Å². The van der Waals surface area contributed by atoms with Gasteiger partial charge in [-0.15, -0.1) is 0 Å². The Morgan fingerprint density at radius 2 is 1.75 bits per heavy atom. The lowest BCUT2D eigenvalue weighted by Crippen LogP contribution is -2.46. The van der Waals surface area contributed by atoms with Crippen LogP contribution in [-0.2, 0) is 14.8 Å². The van der Waals surface area contributed by atoms with E-state index in [1.54, 1.807) is 24.3 Å². The molecule has 0 aromatic heterocycles. The summed E-state index contributed by atoms with van der Waals surface area (Å²) in [7, 11) is -2.15. The molecule has 7 heteroatoms. The van der Waals surface area contributed by atoms with Gasteiger partial charge >= 0.3 is 0 Å². The third-order valence-corrected chi connectivity index (χ3v) is 6.20. The summed E-state index contributed by atoms with van der Waals surface area (Å²) in [6, 6.07) is 15.3. The van der Waals surface area contributed by atoms with Crippen LogP contribution in [0.3, 0.4) is 0 Å². The van der Waals surface area contributed by atoms with E-state index in [9.17, 15) is 13.2 Å². The number of nitrogens with zero attached hydrogens (tertiary/aromatic N) is 1. The number of carbonyl (C=O) groups excluding carboxylic acids is 1. The van der Waals surface area contributed by atoms with Crippen molar-refractivity contribution in [1.82, 2.24) is 9.62 Å². The number of para-hydroxylation sites is 1. The second-order valence-electron chi connectivity index (χ2n) is 7.76. The maximum absolute atomic E-state index is 13.3. The van der Waals surface area contributed by atoms with Gasteiger partial charge in [0.2, 0.25) is 15.9 Å². The summed E-state index contributed by atoms with van der Waals surface area (Å²) in [5.41, 5.74) is 1.06. The van der Waals surface area contributed by atoms with Crippen molar-refractivity contribution in [2.24, 2.45) is 0 Å². The number of nitrogens with one attached hydrogen (secondary N) is 1. The average Bonchev–Trinajstić information content (AvgIpc) is 2.61. The highest BCUT2D eigenvalue weighted by atomic mass is 32.2. The molecule has 0 bridgehead atoms. The summed E-state index contributed by atoms with van der Waals surface area (Å²) in [5, 5.41) is 3.06. The van der Waals surface area contributed by atoms with Crippen molar-refractivity contribution in [3.63, 3.8) is 0 Å². The van der Waals surface area contributed by atoms with Gasteiger partial charge in [-0.1, -0.05) is 48.5 Å². The Balaban J connectivity index is 1.94. The first-order valence-corrected chi connectivity index (χ1v) is 11.0. The number of carbonyl (C=O) groups is 1. The quantitative estimate of drug-likeness (QED) is 0.834. The molecule has 1 N–H and O–H groups in total. The zero-order valence-corrected chi connectivity index (χ0v) is 17.4. The van der Waals surface area contributed by atoms with Crippen molar-refractivity contribution in [3.8, 4) is 5.75 Å². The molecule has 28 heavy (non-hydrogen) atoms. The SMILES string of the molecule is CN([C@H](C(=O)N[C@@H]1CC(C)(C)Oc2ccccc21)c1ccccc1)S(C)(=O)=O. The lowest BCUT2D eigenvalue weighted by atomic mass is 9.89. The predicted octanol–water partition coefficient (Wildman–Crippen LogP) is 3.04. The highest BCUT2D eigenvalue weighted by Crippen LogP contribution is 2.39. The molecule has 0 fully saturated rings. The number of rotatable bonds is 5. The molecule has 150 valence electrons. The number of hydrogen-bond donors (Lipinski definition) is 1. The molecule has 3 rings (SSSR count). The van der Waals surface area contributed by atoms with E-state index < -0.39 is 21.7 Å². The standard InChI is InChI=1S/C21H26N2O4S/c1-21(2)14-17(16-12-8-9-13-18(16)27-21)22-20(24)19(23(3)28(4,25)26)15-10-6-5-7-11-15/h5-13,17,19H,14H2,1-4H3,(H,22,24)/t17-,19+/m1/s1. The van der Waals surface area contributed by atoms with Crippen molar-refractivity contribution in [1.29, 1.82) is 0 Å². The number of hydrogen-bond acceptors (Lipinski definition) is 4. The Hall–Kier alpha value is -2.38. The summed E-state index contributed by atoms with van der Waals surface area (Å²) in [5.74, 6) is 0.369. The van der Waals surface area contributed by atoms with E-state index >= 15 is 0 Å². The number of benzene rings is 2. The Labute approximate surface area is 166 Å². The van der Waals surface area contributed by atoms with E-state index in [1.165, 1.54) is 7.05 Å². The minimum atomic E-state index is -3.57. The summed E-state index contributed by atoms with van der Waals surface area (Å²) < 4.78 is 31.5. The minimum absolute atomic E-state index is 0.272. The van der Waals surface area contributed by atoms with Gasteiger partial charge in [-0.3, -0.25) is 4.79 Å². The maximum Gasteiger partial charge on any atom is 0.243 e. The van der Waals surface area contributed by atoms with Gasteiger partial charge in [0.1, 0.15) is 17.4 Å². The van der Waals surface area contributed by atoms with E-state index in [2.05, 4.69) is 5.32 Å². The number of ether oxygens (including phenoxy) is 1. The van der Waals surface area contributed by atoms with Gasteiger partial charge in [0.15, 0.2) is 0 Å². The highest BCUT2D eigenvalue weighted by molar-refractivity contribution is 7.88. The molecule has 1 aliphatic rings. The zero-order chi connectivity index (χ0) is 20.5. The van der Waals surface area contributed by atoms with Crippen molar-refractivity contribution in [3.05, 3.63) is 65.7 Å². The molecule has 1 amide bonds. The second kappa shape index (κ2) is 7.56. The smallest absolute Gasteiger partial charge is 0.243 e. The molecule has 0 spiro atoms. The molecule has 1 heterocycles. The van der Waals surface area contributed by atoms with Crippen LogP contribution in [0.25, 0.3) is 0 Å². The Morgan fingerprint density at radius 3 is 2.39 bits per heavy atom. The average molecular weight is 403 g/mol. The fourth-order valence-electron chi connectivity index (χ4n) is 3.53. The highest BCUT2D eigenvalue weighted by Gasteiger charge is 2.37. The summed E-state index contributed by atoms with van der Waals surface area (Å²) in [6.07, 6.45) is 1.68. The first-order chi connectivity index (χ1) is 13.1. The molecule has 2 aromatic rings. The maximum atomic E-state index is 13.3. The van der Waals surface area contributed by atoms with Gasteiger partial charge in [-0.2, -0.15) is 4.31 Å². The number of likely N-dealkylation sites (N-methyl/N-ethyl adjacent to an activating group) is 1. The van der Waals surface area contributed by atoms with Crippen LogP contribution in [0.5, 0.6) is 5.75 Å². The van der Waals surface area contributed by atoms with Crippen LogP contribution in [0.15, 0.2) is 54.6 Å². The summed E-state index contributed by atoms with van der Waals surface area (Å²) >= 11 is 0. The number of amides is 1. The molecule has 0 unspecified atom stereocenters. The molecule has 6 nitrogen and oxygen atoms in total. The van der Waals surface area contributed by atoms with Crippen LogP contribution < -0.4 is 10.1 Å². The van der Waals surface area contributed by atoms with E-state index in [4.69, 9.17) is 4.74 Å². The fourth-order valence-corrected chi connectivity index (χ4v) is 4.14. The van der Waals surface area contributed by atoms with Gasteiger partial charge in [0.05, 0.1) is 12.3 Å². The van der Waals surface area contributed by atoms with E-state index in [-0.39, 0.29) is 11.9 Å². The molecular formula is C21H26N2O4S. The molecule has 0 aliphatic carbocycles. The van der Waals surface area contributed by atoms with Crippen LogP contribution in [0.2, 0.25) is 0 Å². The minimum Gasteiger partial charge on any atom is -0.487 e. The first-order valence-electron chi connectivity index (χ1n) is 9.15. The van der Waals surface area contributed by atoms with Gasteiger partial charge in [0.25, 0.3) is 0 Å². The van der Waals surface area contributed by atoms with Gasteiger partial charge in [-0.25, -0.2) is 8.42 Å². The molecule has 0 saturated heterocycles. The summed E-state index contributed by atoms with van der Waals surface area (Å²) in [6.45, 7) is 3.94. The Bertz CT molecular complexity index is 957. The van der Waals surface area contributed by atoms with Crippen LogP contribution in [0.1, 0.15) is 43.5 Å². The van der Waals surface area contributed by atoms with Crippen LogP contribution in [0.4, 0.5) is 0 Å². The van der Waals surface area contributed by atoms with Crippen LogP contribution in [0, 0.1) is 0 Å². The van der Waals surface area contributed by atoms with Crippen molar-refractivity contribution in [2.45, 2.75) is 38.0 Å². The second-order valence-corrected chi connectivity index (χ2v) is 9.80. The predicted molar refractivity (Wildman–Crippen MR) is 108 cm³/mol. The van der Waals surface area contributed by atoms with E-state index in [0.717, 1.165) is 21.9 Å². The van der Waals surface area contributed by atoms with Crippen molar-refractivity contribution < 1.29 is 17.9 Å². The third-order valence-electron chi connectivity index (χ3n) is 4.94. The van der Waals surface area contributed by atoms with Gasteiger partial charge in [-0.05, 0) is 25.5 Å². The zero-order valence-electron chi connectivity index (χ0n) is 16.5. The number of sulfonamides is 1. The van der Waals surface area contributed by atoms with Gasteiger partial charge < -0.3 is 10.1 Å². The molecular weight excluding hydrogens is 376 g/mol. The topological polar surface area (TPSA) is 75.7 Å². The normalized spacial score (nSPS) is 19.4. The molecule has 2 aromatic carbocycles. The van der Waals surface area contributed by atoms with Crippen LogP contribution >= 0.6 is 0 Å². The largest absolute Gasteiger partial charge is 0.487 e. The third kappa shape index (κ3) is 4.36. The summed E-state index contributed by atoms with van der Waals surface area (Å²) in [4.78, 5) is 13.3. The number of fused-ring (bicyclic) bond motifs is 1. The van der Waals surface area contributed by atoms with E-state index in [0.29, 0.717) is 12.0 Å².